The van der Waals surface area contributed by atoms with Crippen LogP contribution in [0.25, 0.3) is 27.8 Å². The van der Waals surface area contributed by atoms with Crippen molar-refractivity contribution < 1.29 is 9.53 Å². The lowest BCUT2D eigenvalue weighted by molar-refractivity contribution is 0.102. The molecule has 6 aromatic rings. The van der Waals surface area contributed by atoms with Crippen molar-refractivity contribution in [3.8, 4) is 40.0 Å². The summed E-state index contributed by atoms with van der Waals surface area (Å²) >= 11 is 0. The van der Waals surface area contributed by atoms with Gasteiger partial charge in [-0.3, -0.25) is 4.79 Å². The SMILES string of the molecule is O=C(C(=C=C1c2ccccc2-c2ccccc21)C1(C#COc2ccccc2)c2ccccc2-c2ccccc21)c1ccccc1. The first-order chi connectivity index (χ1) is 22.3. The molecule has 0 radical (unpaired) electrons. The second-order valence-electron chi connectivity index (χ2n) is 11.1. The summed E-state index contributed by atoms with van der Waals surface area (Å²) in [5.74, 6) is 4.02. The Morgan fingerprint density at radius 3 is 1.49 bits per heavy atom. The van der Waals surface area contributed by atoms with Crippen LogP contribution in [-0.4, -0.2) is 5.78 Å². The van der Waals surface area contributed by atoms with E-state index >= 15 is 0 Å². The minimum absolute atomic E-state index is 0.134. The predicted molar refractivity (Wildman–Crippen MR) is 180 cm³/mol. The molecule has 0 fully saturated rings. The van der Waals surface area contributed by atoms with Gasteiger partial charge in [0, 0.05) is 11.1 Å². The maximum atomic E-state index is 15.0. The zero-order valence-corrected chi connectivity index (χ0v) is 24.3. The van der Waals surface area contributed by atoms with Crippen LogP contribution in [0.5, 0.6) is 5.75 Å². The Bertz CT molecular complexity index is 2150. The molecule has 0 amide bonds. The molecule has 2 aliphatic carbocycles. The minimum atomic E-state index is -1.16. The summed E-state index contributed by atoms with van der Waals surface area (Å²) in [6.07, 6.45) is 3.04. The van der Waals surface area contributed by atoms with Crippen molar-refractivity contribution >= 4 is 11.4 Å². The van der Waals surface area contributed by atoms with E-state index in [4.69, 9.17) is 4.74 Å². The highest BCUT2D eigenvalue weighted by Gasteiger charge is 2.48. The van der Waals surface area contributed by atoms with Gasteiger partial charge in [0.1, 0.15) is 17.3 Å². The highest BCUT2D eigenvalue weighted by molar-refractivity contribution is 6.14. The van der Waals surface area contributed by atoms with Gasteiger partial charge in [-0.2, -0.15) is 0 Å². The number of ether oxygens (including phenoxy) is 1. The van der Waals surface area contributed by atoms with Crippen LogP contribution in [0, 0.1) is 12.0 Å². The Hall–Kier alpha value is -6.13. The predicted octanol–water partition coefficient (Wildman–Crippen LogP) is 9.51. The highest BCUT2D eigenvalue weighted by Crippen LogP contribution is 2.53. The van der Waals surface area contributed by atoms with Gasteiger partial charge >= 0.3 is 0 Å². The van der Waals surface area contributed by atoms with Crippen LogP contribution in [0.1, 0.15) is 32.6 Å². The Kier molecular flexibility index (Phi) is 6.39. The molecule has 0 N–H and O–H groups in total. The third kappa shape index (κ3) is 4.27. The molecule has 210 valence electrons. The summed E-state index contributed by atoms with van der Waals surface area (Å²) in [7, 11) is 0. The van der Waals surface area contributed by atoms with Crippen LogP contribution in [0.4, 0.5) is 0 Å². The number of hydrogen-bond donors (Lipinski definition) is 0. The Morgan fingerprint density at radius 1 is 0.489 bits per heavy atom. The number of benzene rings is 6. The number of carbonyl (C=O) groups is 1. The summed E-state index contributed by atoms with van der Waals surface area (Å²) in [5, 5.41) is 0. The zero-order chi connectivity index (χ0) is 30.2. The van der Waals surface area contributed by atoms with E-state index in [2.05, 4.69) is 78.4 Å². The fourth-order valence-electron chi connectivity index (χ4n) is 6.68. The average molecular weight is 575 g/mol. The van der Waals surface area contributed by atoms with Crippen LogP contribution >= 0.6 is 0 Å². The topological polar surface area (TPSA) is 26.3 Å². The van der Waals surface area contributed by atoms with Crippen molar-refractivity contribution in [1.29, 1.82) is 0 Å². The number of allylic oxidation sites excluding steroid dienone is 1. The van der Waals surface area contributed by atoms with Crippen LogP contribution < -0.4 is 4.74 Å². The maximum absolute atomic E-state index is 15.0. The van der Waals surface area contributed by atoms with Crippen molar-refractivity contribution in [2.45, 2.75) is 5.41 Å². The van der Waals surface area contributed by atoms with Gasteiger partial charge in [0.25, 0.3) is 0 Å². The fraction of sp³-hybridized carbons (Fsp3) is 0.0233. The number of Topliss-reactive ketones (excluding diaryl/α,β-unsaturated/α-hetero) is 1. The quantitative estimate of drug-likeness (QED) is 0.0906. The molecule has 0 unspecified atom stereocenters. The molecule has 45 heavy (non-hydrogen) atoms. The van der Waals surface area contributed by atoms with E-state index in [-0.39, 0.29) is 5.78 Å². The molecule has 0 saturated heterocycles. The number of ketones is 1. The molecule has 2 aliphatic rings. The summed E-state index contributed by atoms with van der Waals surface area (Å²) in [6.45, 7) is 0. The van der Waals surface area contributed by atoms with Crippen molar-refractivity contribution in [1.82, 2.24) is 0 Å². The lowest BCUT2D eigenvalue weighted by Crippen LogP contribution is -2.31. The fourth-order valence-corrected chi connectivity index (χ4v) is 6.68. The van der Waals surface area contributed by atoms with Crippen molar-refractivity contribution in [2.75, 3.05) is 0 Å². The van der Waals surface area contributed by atoms with E-state index in [1.165, 1.54) is 0 Å². The molecule has 0 saturated carbocycles. The average Bonchev–Trinajstić information content (AvgIpc) is 3.58. The summed E-state index contributed by atoms with van der Waals surface area (Å²) in [5.41, 5.74) is 12.8. The lowest BCUT2D eigenvalue weighted by Gasteiger charge is -2.27. The van der Waals surface area contributed by atoms with Crippen LogP contribution in [0.2, 0.25) is 0 Å². The molecule has 8 rings (SSSR count). The minimum Gasteiger partial charge on any atom is -0.408 e. The Labute approximate surface area is 262 Å². The Balaban J connectivity index is 1.51. The van der Waals surface area contributed by atoms with Crippen LogP contribution in [-0.2, 0) is 5.41 Å². The third-order valence-electron chi connectivity index (χ3n) is 8.67. The first kappa shape index (κ1) is 26.5. The molecule has 0 bridgehead atoms. The van der Waals surface area contributed by atoms with Crippen LogP contribution in [0.3, 0.4) is 0 Å². The first-order valence-corrected chi connectivity index (χ1v) is 15.0. The molecule has 2 heteroatoms. The van der Waals surface area contributed by atoms with Gasteiger partial charge in [0.05, 0.1) is 5.57 Å². The number of hydrogen-bond acceptors (Lipinski definition) is 2. The zero-order valence-electron chi connectivity index (χ0n) is 24.3. The van der Waals surface area contributed by atoms with Gasteiger partial charge in [-0.1, -0.05) is 146 Å². The van der Waals surface area contributed by atoms with Gasteiger partial charge in [0.2, 0.25) is 0 Å². The monoisotopic (exact) mass is 574 g/mol. The lowest BCUT2D eigenvalue weighted by atomic mass is 9.70. The first-order valence-electron chi connectivity index (χ1n) is 15.0. The molecular formula is C43H26O2. The van der Waals surface area contributed by atoms with Crippen molar-refractivity contribution in [2.24, 2.45) is 0 Å². The van der Waals surface area contributed by atoms with Crippen LogP contribution in [0.15, 0.2) is 169 Å². The van der Waals surface area contributed by atoms with E-state index in [9.17, 15) is 4.79 Å². The maximum Gasteiger partial charge on any atom is 0.198 e. The number of carbonyl (C=O) groups excluding carboxylic acids is 1. The number of rotatable bonds is 4. The molecule has 6 aromatic carbocycles. The van der Waals surface area contributed by atoms with E-state index in [1.807, 2.05) is 97.1 Å². The van der Waals surface area contributed by atoms with Gasteiger partial charge in [-0.25, -0.2) is 0 Å². The summed E-state index contributed by atoms with van der Waals surface area (Å²) in [4.78, 5) is 15.0. The highest BCUT2D eigenvalue weighted by atomic mass is 16.5. The Morgan fingerprint density at radius 2 is 0.933 bits per heavy atom. The normalized spacial score (nSPS) is 12.8. The number of fused-ring (bicyclic) bond motifs is 6. The van der Waals surface area contributed by atoms with Gasteiger partial charge in [-0.05, 0) is 62.6 Å². The molecule has 0 spiro atoms. The molecule has 0 atom stereocenters. The van der Waals surface area contributed by atoms with E-state index in [0.29, 0.717) is 16.9 Å². The van der Waals surface area contributed by atoms with E-state index in [1.54, 1.807) is 0 Å². The molecule has 0 aliphatic heterocycles. The molecular weight excluding hydrogens is 548 g/mol. The standard InChI is InChI=1S/C43H26O2/c44-42(30-15-3-1-4-16-30)41(29-38-34-21-9-7-19-32(34)33-20-8-10-22-35(33)38)43(27-28-45-31-17-5-2-6-18-31)39-25-13-11-23-36(39)37-24-12-14-26-40(37)43/h1-26H. The second kappa shape index (κ2) is 10.9. The van der Waals surface area contributed by atoms with Gasteiger partial charge < -0.3 is 4.74 Å². The van der Waals surface area contributed by atoms with Crippen molar-refractivity contribution in [3.05, 3.63) is 197 Å². The van der Waals surface area contributed by atoms with Gasteiger partial charge in [-0.15, -0.1) is 5.73 Å². The second-order valence-corrected chi connectivity index (χ2v) is 11.1. The molecule has 2 nitrogen and oxygen atoms in total. The van der Waals surface area contributed by atoms with Gasteiger partial charge in [0.15, 0.2) is 5.78 Å². The molecule has 0 aromatic heterocycles. The summed E-state index contributed by atoms with van der Waals surface area (Å²) < 4.78 is 6.02. The van der Waals surface area contributed by atoms with E-state index in [0.717, 1.165) is 50.1 Å². The third-order valence-corrected chi connectivity index (χ3v) is 8.67. The molecule has 0 heterocycles. The number of para-hydroxylation sites is 1. The smallest absolute Gasteiger partial charge is 0.198 e. The van der Waals surface area contributed by atoms with Crippen molar-refractivity contribution in [3.63, 3.8) is 0 Å². The summed E-state index contributed by atoms with van der Waals surface area (Å²) in [6, 6.07) is 52.0. The largest absolute Gasteiger partial charge is 0.408 e. The van der Waals surface area contributed by atoms with E-state index < -0.39 is 5.41 Å².